The fourth-order valence-electron chi connectivity index (χ4n) is 1.89. The SMILES string of the molecule is CCCCCCC(C)N(CCOC)CC(=O)O. The molecule has 4 heteroatoms. The molecule has 0 aromatic heterocycles. The van der Waals surface area contributed by atoms with Gasteiger partial charge in [0.25, 0.3) is 0 Å². The lowest BCUT2D eigenvalue weighted by atomic mass is 10.1. The molecule has 0 aliphatic rings. The minimum absolute atomic E-state index is 0.109. The quantitative estimate of drug-likeness (QED) is 0.568. The summed E-state index contributed by atoms with van der Waals surface area (Å²) in [7, 11) is 1.64. The number of hydrogen-bond donors (Lipinski definition) is 1. The molecule has 0 aliphatic carbocycles. The van der Waals surface area contributed by atoms with Crippen LogP contribution in [0.1, 0.15) is 46.0 Å². The van der Waals surface area contributed by atoms with Crippen molar-refractivity contribution >= 4 is 5.97 Å². The smallest absolute Gasteiger partial charge is 0.317 e. The lowest BCUT2D eigenvalue weighted by Gasteiger charge is -2.27. The van der Waals surface area contributed by atoms with E-state index in [0.29, 0.717) is 19.2 Å². The molecule has 0 saturated carbocycles. The summed E-state index contributed by atoms with van der Waals surface area (Å²) < 4.78 is 5.01. The Morgan fingerprint density at radius 3 is 2.59 bits per heavy atom. The maximum Gasteiger partial charge on any atom is 0.317 e. The number of hydrogen-bond acceptors (Lipinski definition) is 3. The molecule has 0 fully saturated rings. The zero-order chi connectivity index (χ0) is 13.1. The van der Waals surface area contributed by atoms with Crippen molar-refractivity contribution < 1.29 is 14.6 Å². The van der Waals surface area contributed by atoms with Gasteiger partial charge in [0.2, 0.25) is 0 Å². The number of rotatable bonds is 11. The largest absolute Gasteiger partial charge is 0.480 e. The number of carbonyl (C=O) groups is 1. The fraction of sp³-hybridized carbons (Fsp3) is 0.923. The molecule has 0 aliphatic heterocycles. The van der Waals surface area contributed by atoms with Crippen LogP contribution in [0.3, 0.4) is 0 Å². The minimum atomic E-state index is -0.762. The third-order valence-electron chi connectivity index (χ3n) is 3.02. The van der Waals surface area contributed by atoms with Crippen molar-refractivity contribution in [2.45, 2.75) is 52.0 Å². The van der Waals surface area contributed by atoms with Crippen LogP contribution >= 0.6 is 0 Å². The topological polar surface area (TPSA) is 49.8 Å². The second kappa shape index (κ2) is 10.5. The number of carboxylic acids is 1. The Morgan fingerprint density at radius 1 is 1.35 bits per heavy atom. The average Bonchev–Trinajstić information content (AvgIpc) is 2.29. The summed E-state index contributed by atoms with van der Waals surface area (Å²) in [5.74, 6) is -0.762. The Bertz CT molecular complexity index is 197. The van der Waals surface area contributed by atoms with Crippen LogP contribution in [0.25, 0.3) is 0 Å². The van der Waals surface area contributed by atoms with E-state index in [-0.39, 0.29) is 6.54 Å². The molecule has 0 rings (SSSR count). The standard InChI is InChI=1S/C13H27NO3/c1-4-5-6-7-8-12(2)14(9-10-17-3)11-13(15)16/h12H,4-11H2,1-3H3,(H,15,16). The number of carboxylic acid groups (broad SMARTS) is 1. The van der Waals surface area contributed by atoms with Gasteiger partial charge in [-0.25, -0.2) is 0 Å². The highest BCUT2D eigenvalue weighted by Gasteiger charge is 2.16. The van der Waals surface area contributed by atoms with E-state index in [1.54, 1.807) is 7.11 Å². The van der Waals surface area contributed by atoms with Crippen LogP contribution in [0.15, 0.2) is 0 Å². The predicted octanol–water partition coefficient (Wildman–Crippen LogP) is 2.38. The normalized spacial score (nSPS) is 12.9. The van der Waals surface area contributed by atoms with E-state index in [4.69, 9.17) is 9.84 Å². The molecular weight excluding hydrogens is 218 g/mol. The van der Waals surface area contributed by atoms with Crippen molar-refractivity contribution in [3.63, 3.8) is 0 Å². The van der Waals surface area contributed by atoms with Crippen LogP contribution in [0, 0.1) is 0 Å². The zero-order valence-corrected chi connectivity index (χ0v) is 11.4. The van der Waals surface area contributed by atoms with E-state index in [1.807, 2.05) is 4.90 Å². The summed E-state index contributed by atoms with van der Waals surface area (Å²) in [6.07, 6.45) is 5.99. The Labute approximate surface area is 105 Å². The van der Waals surface area contributed by atoms with Gasteiger partial charge in [0.05, 0.1) is 13.2 Å². The first kappa shape index (κ1) is 16.4. The molecule has 0 bridgehead atoms. The van der Waals surface area contributed by atoms with Crippen molar-refractivity contribution in [2.24, 2.45) is 0 Å². The lowest BCUT2D eigenvalue weighted by molar-refractivity contribution is -0.139. The summed E-state index contributed by atoms with van der Waals surface area (Å²) in [6, 6.07) is 0.318. The highest BCUT2D eigenvalue weighted by molar-refractivity contribution is 5.69. The Morgan fingerprint density at radius 2 is 2.06 bits per heavy atom. The number of ether oxygens (including phenoxy) is 1. The molecule has 4 nitrogen and oxygen atoms in total. The Kier molecular flexibility index (Phi) is 10.2. The van der Waals surface area contributed by atoms with Gasteiger partial charge in [-0.15, -0.1) is 0 Å². The molecule has 0 radical (unpaired) electrons. The third kappa shape index (κ3) is 9.12. The summed E-state index contributed by atoms with van der Waals surface area (Å²) >= 11 is 0. The number of aliphatic carboxylic acids is 1. The highest BCUT2D eigenvalue weighted by Crippen LogP contribution is 2.10. The zero-order valence-electron chi connectivity index (χ0n) is 11.4. The van der Waals surface area contributed by atoms with Gasteiger partial charge in [0.1, 0.15) is 0 Å². The molecule has 0 aromatic carbocycles. The number of nitrogens with zero attached hydrogens (tertiary/aromatic N) is 1. The van der Waals surface area contributed by atoms with Crippen LogP contribution in [-0.2, 0) is 9.53 Å². The highest BCUT2D eigenvalue weighted by atomic mass is 16.5. The molecule has 1 N–H and O–H groups in total. The van der Waals surface area contributed by atoms with Crippen LogP contribution in [0.4, 0.5) is 0 Å². The summed E-state index contributed by atoms with van der Waals surface area (Å²) in [5.41, 5.74) is 0. The van der Waals surface area contributed by atoms with Crippen molar-refractivity contribution in [3.05, 3.63) is 0 Å². The monoisotopic (exact) mass is 245 g/mol. The van der Waals surface area contributed by atoms with Crippen LogP contribution in [-0.4, -0.2) is 48.8 Å². The maximum absolute atomic E-state index is 10.8. The Hall–Kier alpha value is -0.610. The van der Waals surface area contributed by atoms with Gasteiger partial charge in [-0.2, -0.15) is 0 Å². The minimum Gasteiger partial charge on any atom is -0.480 e. The van der Waals surface area contributed by atoms with Gasteiger partial charge in [-0.1, -0.05) is 32.6 Å². The van der Waals surface area contributed by atoms with Crippen molar-refractivity contribution in [3.8, 4) is 0 Å². The van der Waals surface area contributed by atoms with Gasteiger partial charge >= 0.3 is 5.97 Å². The molecule has 102 valence electrons. The fourth-order valence-corrected chi connectivity index (χ4v) is 1.89. The van der Waals surface area contributed by atoms with E-state index in [0.717, 1.165) is 6.42 Å². The second-order valence-corrected chi connectivity index (χ2v) is 4.56. The third-order valence-corrected chi connectivity index (χ3v) is 3.02. The molecular formula is C13H27NO3. The van der Waals surface area contributed by atoms with Crippen LogP contribution in [0.2, 0.25) is 0 Å². The Balaban J connectivity index is 3.93. The number of methoxy groups -OCH3 is 1. The van der Waals surface area contributed by atoms with E-state index < -0.39 is 5.97 Å². The second-order valence-electron chi connectivity index (χ2n) is 4.56. The van der Waals surface area contributed by atoms with E-state index in [1.165, 1.54) is 25.7 Å². The first-order valence-electron chi connectivity index (χ1n) is 6.56. The summed E-state index contributed by atoms with van der Waals surface area (Å²) in [4.78, 5) is 12.8. The first-order chi connectivity index (χ1) is 8.11. The maximum atomic E-state index is 10.8. The van der Waals surface area contributed by atoms with Crippen molar-refractivity contribution in [1.82, 2.24) is 4.90 Å². The van der Waals surface area contributed by atoms with Gasteiger partial charge in [-0.3, -0.25) is 9.69 Å². The first-order valence-corrected chi connectivity index (χ1v) is 6.56. The van der Waals surface area contributed by atoms with Crippen LogP contribution < -0.4 is 0 Å². The molecule has 1 atom stereocenters. The predicted molar refractivity (Wildman–Crippen MR) is 69.3 cm³/mol. The van der Waals surface area contributed by atoms with Gasteiger partial charge in [-0.05, 0) is 13.3 Å². The van der Waals surface area contributed by atoms with Crippen molar-refractivity contribution in [1.29, 1.82) is 0 Å². The molecule has 17 heavy (non-hydrogen) atoms. The van der Waals surface area contributed by atoms with Gasteiger partial charge in [0.15, 0.2) is 0 Å². The molecule has 1 unspecified atom stereocenters. The molecule has 0 spiro atoms. The molecule has 0 saturated heterocycles. The van der Waals surface area contributed by atoms with Crippen LogP contribution in [0.5, 0.6) is 0 Å². The summed E-state index contributed by atoms with van der Waals surface area (Å²) in [5, 5.41) is 8.86. The number of unbranched alkanes of at least 4 members (excludes halogenated alkanes) is 3. The molecule has 0 aromatic rings. The molecule has 0 heterocycles. The van der Waals surface area contributed by atoms with E-state index >= 15 is 0 Å². The van der Waals surface area contributed by atoms with E-state index in [2.05, 4.69) is 13.8 Å². The summed E-state index contributed by atoms with van der Waals surface area (Å²) in [6.45, 7) is 5.69. The average molecular weight is 245 g/mol. The van der Waals surface area contributed by atoms with Crippen molar-refractivity contribution in [2.75, 3.05) is 26.8 Å². The lowest BCUT2D eigenvalue weighted by Crippen LogP contribution is -2.39. The molecule has 0 amide bonds. The van der Waals surface area contributed by atoms with Gasteiger partial charge in [0, 0.05) is 19.7 Å². The van der Waals surface area contributed by atoms with Gasteiger partial charge < -0.3 is 9.84 Å². The van der Waals surface area contributed by atoms with E-state index in [9.17, 15) is 4.79 Å².